The molecule has 0 bridgehead atoms. The highest BCUT2D eigenvalue weighted by Crippen LogP contribution is 2.23. The molecule has 0 heterocycles. The van der Waals surface area contributed by atoms with Crippen LogP contribution >= 0.6 is 0 Å². The van der Waals surface area contributed by atoms with Crippen molar-refractivity contribution in [3.63, 3.8) is 0 Å². The molecule has 144 valence electrons. The summed E-state index contributed by atoms with van der Waals surface area (Å²) in [4.78, 5) is 24.9. The van der Waals surface area contributed by atoms with Crippen LogP contribution in [-0.4, -0.2) is 36.6 Å². The number of carbonyl (C=O) groups excluding carboxylic acids is 2. The summed E-state index contributed by atoms with van der Waals surface area (Å²) in [6, 6.07) is 11.8. The first-order valence-corrected chi connectivity index (χ1v) is 7.96. The average Bonchev–Trinajstić information content (AvgIpc) is 2.60. The third kappa shape index (κ3) is 6.65. The van der Waals surface area contributed by atoms with E-state index in [1.54, 1.807) is 31.3 Å². The Morgan fingerprint density at radius 3 is 2.30 bits per heavy atom. The van der Waals surface area contributed by atoms with Crippen LogP contribution < -0.4 is 9.47 Å². The Morgan fingerprint density at radius 1 is 1.04 bits per heavy atom. The fraction of sp³-hybridized carbons (Fsp3) is 0.263. The Kier molecular flexibility index (Phi) is 6.44. The molecular formula is C19H18F3NO4. The van der Waals surface area contributed by atoms with Crippen LogP contribution in [0.2, 0.25) is 0 Å². The van der Waals surface area contributed by atoms with Crippen molar-refractivity contribution in [2.45, 2.75) is 19.8 Å². The van der Waals surface area contributed by atoms with E-state index in [-0.39, 0.29) is 30.6 Å². The topological polar surface area (TPSA) is 55.8 Å². The lowest BCUT2D eigenvalue weighted by Crippen LogP contribution is -2.31. The number of likely N-dealkylation sites (N-methyl/N-ethyl adjacent to an activating group) is 1. The van der Waals surface area contributed by atoms with E-state index >= 15 is 0 Å². The Balaban J connectivity index is 1.88. The molecule has 0 saturated carbocycles. The van der Waals surface area contributed by atoms with E-state index in [0.29, 0.717) is 16.9 Å². The van der Waals surface area contributed by atoms with Gasteiger partial charge >= 0.3 is 6.36 Å². The second-order valence-corrected chi connectivity index (χ2v) is 5.81. The molecule has 5 nitrogen and oxygen atoms in total. The van der Waals surface area contributed by atoms with Gasteiger partial charge in [0.15, 0.2) is 12.4 Å². The van der Waals surface area contributed by atoms with Crippen molar-refractivity contribution in [2.24, 2.45) is 0 Å². The maximum absolute atomic E-state index is 12.2. The van der Waals surface area contributed by atoms with Gasteiger partial charge in [0.2, 0.25) is 0 Å². The van der Waals surface area contributed by atoms with Gasteiger partial charge in [0.1, 0.15) is 11.5 Å². The minimum absolute atomic E-state index is 0.109. The van der Waals surface area contributed by atoms with Gasteiger partial charge in [-0.1, -0.05) is 24.3 Å². The maximum Gasteiger partial charge on any atom is 0.573 e. The van der Waals surface area contributed by atoms with Crippen LogP contribution in [0.5, 0.6) is 11.5 Å². The number of halogens is 3. The molecular weight excluding hydrogens is 363 g/mol. The summed E-state index contributed by atoms with van der Waals surface area (Å²) in [5, 5.41) is 0. The van der Waals surface area contributed by atoms with Crippen molar-refractivity contribution in [1.82, 2.24) is 4.90 Å². The number of hydrogen-bond donors (Lipinski definition) is 0. The molecule has 0 saturated heterocycles. The number of nitrogens with zero attached hydrogens (tertiary/aromatic N) is 1. The van der Waals surface area contributed by atoms with Gasteiger partial charge in [0, 0.05) is 19.2 Å². The summed E-state index contributed by atoms with van der Waals surface area (Å²) < 4.78 is 45.6. The largest absolute Gasteiger partial charge is 0.573 e. The molecule has 2 aromatic rings. The zero-order valence-corrected chi connectivity index (χ0v) is 14.7. The molecule has 0 aliphatic heterocycles. The minimum atomic E-state index is -4.74. The Labute approximate surface area is 154 Å². The first-order chi connectivity index (χ1) is 12.6. The molecule has 0 aliphatic rings. The summed E-state index contributed by atoms with van der Waals surface area (Å²) in [6.07, 6.45) is -4.74. The van der Waals surface area contributed by atoms with Gasteiger partial charge in [-0.05, 0) is 36.8 Å². The molecule has 1 amide bonds. The molecule has 0 aromatic heterocycles. The van der Waals surface area contributed by atoms with Crippen molar-refractivity contribution in [3.8, 4) is 11.5 Å². The van der Waals surface area contributed by atoms with E-state index in [0.717, 1.165) is 0 Å². The van der Waals surface area contributed by atoms with Gasteiger partial charge in [-0.25, -0.2) is 0 Å². The van der Waals surface area contributed by atoms with Gasteiger partial charge in [-0.3, -0.25) is 9.59 Å². The lowest BCUT2D eigenvalue weighted by molar-refractivity contribution is -0.274. The van der Waals surface area contributed by atoms with E-state index in [1.807, 2.05) is 0 Å². The third-order valence-electron chi connectivity index (χ3n) is 3.61. The van der Waals surface area contributed by atoms with Gasteiger partial charge in [0.05, 0.1) is 0 Å². The second kappa shape index (κ2) is 8.57. The van der Waals surface area contributed by atoms with Crippen LogP contribution in [0, 0.1) is 0 Å². The average molecular weight is 381 g/mol. The van der Waals surface area contributed by atoms with E-state index in [1.165, 1.54) is 36.1 Å². The van der Waals surface area contributed by atoms with Crippen LogP contribution in [0.4, 0.5) is 13.2 Å². The van der Waals surface area contributed by atoms with Crippen LogP contribution in [0.15, 0.2) is 48.5 Å². The number of carbonyl (C=O) groups is 2. The quantitative estimate of drug-likeness (QED) is 0.684. The van der Waals surface area contributed by atoms with E-state index < -0.39 is 6.36 Å². The van der Waals surface area contributed by atoms with Crippen molar-refractivity contribution >= 4 is 11.7 Å². The molecule has 0 atom stereocenters. The lowest BCUT2D eigenvalue weighted by atomic mass is 10.1. The van der Waals surface area contributed by atoms with Crippen LogP contribution in [0.1, 0.15) is 22.8 Å². The highest BCUT2D eigenvalue weighted by atomic mass is 19.4. The van der Waals surface area contributed by atoms with Crippen molar-refractivity contribution < 1.29 is 32.2 Å². The van der Waals surface area contributed by atoms with Crippen LogP contribution in [-0.2, 0) is 11.3 Å². The number of hydrogen-bond acceptors (Lipinski definition) is 4. The fourth-order valence-electron chi connectivity index (χ4n) is 2.22. The molecule has 0 spiro atoms. The Hall–Kier alpha value is -3.03. The molecule has 0 unspecified atom stereocenters. The highest BCUT2D eigenvalue weighted by Gasteiger charge is 2.30. The normalized spacial score (nSPS) is 11.0. The third-order valence-corrected chi connectivity index (χ3v) is 3.61. The number of benzene rings is 2. The van der Waals surface area contributed by atoms with Gasteiger partial charge in [-0.15, -0.1) is 13.2 Å². The van der Waals surface area contributed by atoms with E-state index in [4.69, 9.17) is 4.74 Å². The molecule has 2 rings (SSSR count). The summed E-state index contributed by atoms with van der Waals surface area (Å²) in [7, 11) is 1.55. The number of Topliss-reactive ketones (excluding diaryl/α,β-unsaturated/α-hetero) is 1. The molecule has 0 N–H and O–H groups in total. The fourth-order valence-corrected chi connectivity index (χ4v) is 2.22. The van der Waals surface area contributed by atoms with Gasteiger partial charge in [-0.2, -0.15) is 0 Å². The smallest absolute Gasteiger partial charge is 0.484 e. The van der Waals surface area contributed by atoms with Crippen LogP contribution in [0.25, 0.3) is 0 Å². The predicted octanol–water partition coefficient (Wildman–Crippen LogP) is 3.83. The maximum atomic E-state index is 12.2. The number of ether oxygens (including phenoxy) is 2. The molecule has 8 heteroatoms. The number of rotatable bonds is 7. The van der Waals surface area contributed by atoms with Crippen LogP contribution in [0.3, 0.4) is 0 Å². The number of amides is 1. The summed E-state index contributed by atoms with van der Waals surface area (Å²) in [6.45, 7) is 1.40. The molecule has 27 heavy (non-hydrogen) atoms. The lowest BCUT2D eigenvalue weighted by Gasteiger charge is -2.18. The van der Waals surface area contributed by atoms with Crippen molar-refractivity contribution in [2.75, 3.05) is 13.7 Å². The SMILES string of the molecule is CC(=O)c1cccc(OCC(=O)N(C)Cc2ccc(OC(F)(F)F)cc2)c1. The van der Waals surface area contributed by atoms with Crippen molar-refractivity contribution in [1.29, 1.82) is 0 Å². The number of ketones is 1. The first kappa shape index (κ1) is 20.3. The monoisotopic (exact) mass is 381 g/mol. The highest BCUT2D eigenvalue weighted by molar-refractivity contribution is 5.94. The first-order valence-electron chi connectivity index (χ1n) is 7.96. The van der Waals surface area contributed by atoms with E-state index in [2.05, 4.69) is 4.74 Å². The van der Waals surface area contributed by atoms with E-state index in [9.17, 15) is 22.8 Å². The summed E-state index contributed by atoms with van der Waals surface area (Å²) in [5.74, 6) is -0.354. The zero-order valence-electron chi connectivity index (χ0n) is 14.7. The number of alkyl halides is 3. The molecule has 0 fully saturated rings. The second-order valence-electron chi connectivity index (χ2n) is 5.81. The Morgan fingerprint density at radius 2 is 1.70 bits per heavy atom. The van der Waals surface area contributed by atoms with Crippen molar-refractivity contribution in [3.05, 3.63) is 59.7 Å². The predicted molar refractivity (Wildman–Crippen MR) is 91.5 cm³/mol. The zero-order chi connectivity index (χ0) is 20.0. The summed E-state index contributed by atoms with van der Waals surface area (Å²) >= 11 is 0. The molecule has 2 aromatic carbocycles. The van der Waals surface area contributed by atoms with Gasteiger partial charge < -0.3 is 14.4 Å². The molecule has 0 radical (unpaired) electrons. The van der Waals surface area contributed by atoms with Gasteiger partial charge in [0.25, 0.3) is 5.91 Å². The minimum Gasteiger partial charge on any atom is -0.484 e. The summed E-state index contributed by atoms with van der Waals surface area (Å²) in [5.41, 5.74) is 1.12. The molecule has 0 aliphatic carbocycles. The Bertz CT molecular complexity index is 803. The standard InChI is InChI=1S/C19H18F3NO4/c1-13(24)15-4-3-5-17(10-15)26-12-18(25)23(2)11-14-6-8-16(9-7-14)27-19(20,21)22/h3-10H,11-12H2,1-2H3.